The van der Waals surface area contributed by atoms with Gasteiger partial charge in [0.05, 0.1) is 18.0 Å². The largest absolute Gasteiger partial charge is 0.380 e. The van der Waals surface area contributed by atoms with Crippen LogP contribution in [0.1, 0.15) is 11.1 Å². The summed E-state index contributed by atoms with van der Waals surface area (Å²) in [6, 6.07) is 25.5. The summed E-state index contributed by atoms with van der Waals surface area (Å²) >= 11 is 0. The molecule has 0 bridgehead atoms. The highest BCUT2D eigenvalue weighted by Crippen LogP contribution is 2.30. The van der Waals surface area contributed by atoms with E-state index >= 15 is 0 Å². The summed E-state index contributed by atoms with van der Waals surface area (Å²) in [5.74, 6) is 0. The molecule has 0 saturated heterocycles. The Balaban J connectivity index is 1.63. The van der Waals surface area contributed by atoms with Crippen LogP contribution in [0, 0.1) is 0 Å². The molecule has 0 aliphatic heterocycles. The fourth-order valence-electron chi connectivity index (χ4n) is 2.93. The summed E-state index contributed by atoms with van der Waals surface area (Å²) in [7, 11) is 3.65. The van der Waals surface area contributed by atoms with Gasteiger partial charge in [-0.05, 0) is 35.4 Å². The van der Waals surface area contributed by atoms with Gasteiger partial charge in [0, 0.05) is 26.4 Å². The van der Waals surface area contributed by atoms with E-state index in [4.69, 9.17) is 4.74 Å². The average molecular weight is 375 g/mol. The van der Waals surface area contributed by atoms with Gasteiger partial charge in [0.2, 0.25) is 0 Å². The van der Waals surface area contributed by atoms with E-state index < -0.39 is 0 Å². The molecule has 0 aliphatic rings. The average Bonchev–Trinajstić information content (AvgIpc) is 2.74. The Morgan fingerprint density at radius 2 is 1.54 bits per heavy atom. The van der Waals surface area contributed by atoms with Gasteiger partial charge in [0.25, 0.3) is 0 Å². The van der Waals surface area contributed by atoms with E-state index in [9.17, 15) is 4.79 Å². The lowest BCUT2D eigenvalue weighted by Crippen LogP contribution is -2.29. The monoisotopic (exact) mass is 375 g/mol. The molecule has 3 aromatic rings. The number of methoxy groups -OCH3 is 1. The maximum absolute atomic E-state index is 12.4. The third kappa shape index (κ3) is 5.11. The van der Waals surface area contributed by atoms with Crippen molar-refractivity contribution in [3.8, 4) is 0 Å². The lowest BCUT2D eigenvalue weighted by molar-refractivity contribution is 0.185. The topological polar surface area (TPSA) is 53.6 Å². The number of amides is 2. The molecule has 5 heteroatoms. The molecule has 0 heterocycles. The van der Waals surface area contributed by atoms with Crippen LogP contribution >= 0.6 is 0 Å². The molecule has 5 nitrogen and oxygen atoms in total. The third-order valence-electron chi connectivity index (χ3n) is 4.44. The first-order valence-corrected chi connectivity index (χ1v) is 9.17. The van der Waals surface area contributed by atoms with Crippen molar-refractivity contribution in [3.05, 3.63) is 90.0 Å². The van der Waals surface area contributed by atoms with Gasteiger partial charge in [-0.3, -0.25) is 0 Å². The van der Waals surface area contributed by atoms with E-state index in [1.54, 1.807) is 7.11 Å². The van der Waals surface area contributed by atoms with Crippen LogP contribution < -0.4 is 15.5 Å². The number of carbonyl (C=O) groups excluding carboxylic acids is 1. The third-order valence-corrected chi connectivity index (χ3v) is 4.44. The molecular formula is C23H25N3O2. The van der Waals surface area contributed by atoms with E-state index in [0.29, 0.717) is 13.2 Å². The molecule has 3 rings (SSSR count). The van der Waals surface area contributed by atoms with Gasteiger partial charge in [-0.1, -0.05) is 54.6 Å². The first-order chi connectivity index (χ1) is 13.7. The molecule has 0 radical (unpaired) electrons. The van der Waals surface area contributed by atoms with Crippen LogP contribution in [0.2, 0.25) is 0 Å². The number of anilines is 3. The highest BCUT2D eigenvalue weighted by molar-refractivity contribution is 5.94. The molecule has 0 saturated carbocycles. The molecular weight excluding hydrogens is 350 g/mol. The smallest absolute Gasteiger partial charge is 0.319 e. The number of nitrogens with zero attached hydrogens (tertiary/aromatic N) is 1. The molecule has 28 heavy (non-hydrogen) atoms. The number of ether oxygens (including phenoxy) is 1. The predicted octanol–water partition coefficient (Wildman–Crippen LogP) is 4.92. The second-order valence-electron chi connectivity index (χ2n) is 6.47. The van der Waals surface area contributed by atoms with E-state index in [1.165, 1.54) is 0 Å². The molecule has 0 aromatic heterocycles. The number of hydrogen-bond donors (Lipinski definition) is 2. The second-order valence-corrected chi connectivity index (χ2v) is 6.47. The van der Waals surface area contributed by atoms with E-state index in [0.717, 1.165) is 28.2 Å². The number of urea groups is 1. The van der Waals surface area contributed by atoms with Gasteiger partial charge in [0.15, 0.2) is 0 Å². The highest BCUT2D eigenvalue weighted by Gasteiger charge is 2.11. The molecule has 2 N–H and O–H groups in total. The number of para-hydroxylation sites is 3. The normalized spacial score (nSPS) is 10.4. The lowest BCUT2D eigenvalue weighted by atomic mass is 10.1. The molecule has 0 spiro atoms. The number of rotatable bonds is 7. The first kappa shape index (κ1) is 19.5. The van der Waals surface area contributed by atoms with Crippen molar-refractivity contribution < 1.29 is 9.53 Å². The standard InChI is InChI=1S/C23H25N3O2/c1-26(20-8-4-3-5-9-20)22-11-7-6-10-21(22)25-23(27)24-16-18-12-14-19(15-13-18)17-28-2/h3-15H,16-17H2,1-2H3,(H2,24,25,27). The van der Waals surface area contributed by atoms with Crippen molar-refractivity contribution in [2.45, 2.75) is 13.2 Å². The molecule has 0 aliphatic carbocycles. The minimum atomic E-state index is -0.241. The minimum Gasteiger partial charge on any atom is -0.380 e. The van der Waals surface area contributed by atoms with Gasteiger partial charge < -0.3 is 20.3 Å². The summed E-state index contributed by atoms with van der Waals surface area (Å²) in [4.78, 5) is 14.5. The van der Waals surface area contributed by atoms with Crippen molar-refractivity contribution in [2.24, 2.45) is 0 Å². The van der Waals surface area contributed by atoms with Crippen molar-refractivity contribution in [2.75, 3.05) is 24.4 Å². The fourth-order valence-corrected chi connectivity index (χ4v) is 2.93. The maximum atomic E-state index is 12.4. The fraction of sp³-hybridized carbons (Fsp3) is 0.174. The van der Waals surface area contributed by atoms with Crippen molar-refractivity contribution in [3.63, 3.8) is 0 Å². The SMILES string of the molecule is COCc1ccc(CNC(=O)Nc2ccccc2N(C)c2ccccc2)cc1. The summed E-state index contributed by atoms with van der Waals surface area (Å²) in [5, 5.41) is 5.86. The Hall–Kier alpha value is -3.31. The summed E-state index contributed by atoms with van der Waals surface area (Å²) in [5.41, 5.74) is 4.86. The Kier molecular flexibility index (Phi) is 6.65. The minimum absolute atomic E-state index is 0.241. The highest BCUT2D eigenvalue weighted by atomic mass is 16.5. The first-order valence-electron chi connectivity index (χ1n) is 9.17. The molecule has 2 amide bonds. The maximum Gasteiger partial charge on any atom is 0.319 e. The van der Waals surface area contributed by atoms with Gasteiger partial charge in [-0.25, -0.2) is 4.79 Å². The predicted molar refractivity (Wildman–Crippen MR) is 114 cm³/mol. The zero-order valence-electron chi connectivity index (χ0n) is 16.2. The van der Waals surface area contributed by atoms with Crippen LogP contribution in [0.15, 0.2) is 78.9 Å². The van der Waals surface area contributed by atoms with E-state index in [2.05, 4.69) is 10.6 Å². The number of hydrogen-bond acceptors (Lipinski definition) is 3. The summed E-state index contributed by atoms with van der Waals surface area (Å²) < 4.78 is 5.11. The zero-order valence-corrected chi connectivity index (χ0v) is 16.2. The van der Waals surface area contributed by atoms with Gasteiger partial charge in [0.1, 0.15) is 0 Å². The molecule has 3 aromatic carbocycles. The zero-order chi connectivity index (χ0) is 19.8. The number of nitrogens with one attached hydrogen (secondary N) is 2. The lowest BCUT2D eigenvalue weighted by Gasteiger charge is -2.22. The Morgan fingerprint density at radius 3 is 2.25 bits per heavy atom. The van der Waals surface area contributed by atoms with E-state index in [-0.39, 0.29) is 6.03 Å². The molecule has 0 unspecified atom stereocenters. The van der Waals surface area contributed by atoms with E-state index in [1.807, 2.05) is 90.8 Å². The van der Waals surface area contributed by atoms with Crippen LogP contribution in [-0.4, -0.2) is 20.2 Å². The second kappa shape index (κ2) is 9.58. The Bertz CT molecular complexity index is 895. The van der Waals surface area contributed by atoms with Gasteiger partial charge >= 0.3 is 6.03 Å². The van der Waals surface area contributed by atoms with Crippen molar-refractivity contribution in [1.82, 2.24) is 5.32 Å². The number of benzene rings is 3. The summed E-state index contributed by atoms with van der Waals surface area (Å²) in [6.45, 7) is 1.04. The quantitative estimate of drug-likeness (QED) is 0.616. The Labute approximate surface area is 166 Å². The van der Waals surface area contributed by atoms with Crippen molar-refractivity contribution in [1.29, 1.82) is 0 Å². The van der Waals surface area contributed by atoms with Gasteiger partial charge in [-0.2, -0.15) is 0 Å². The van der Waals surface area contributed by atoms with Crippen LogP contribution in [-0.2, 0) is 17.9 Å². The van der Waals surface area contributed by atoms with Crippen molar-refractivity contribution >= 4 is 23.1 Å². The van der Waals surface area contributed by atoms with Crippen LogP contribution in [0.3, 0.4) is 0 Å². The molecule has 0 fully saturated rings. The van der Waals surface area contributed by atoms with Crippen LogP contribution in [0.4, 0.5) is 21.9 Å². The summed E-state index contributed by atoms with van der Waals surface area (Å²) in [6.07, 6.45) is 0. The van der Waals surface area contributed by atoms with Crippen LogP contribution in [0.5, 0.6) is 0 Å². The van der Waals surface area contributed by atoms with Gasteiger partial charge in [-0.15, -0.1) is 0 Å². The molecule has 0 atom stereocenters. The Morgan fingerprint density at radius 1 is 0.893 bits per heavy atom. The van der Waals surface area contributed by atoms with Crippen LogP contribution in [0.25, 0.3) is 0 Å². The number of carbonyl (C=O) groups is 1. The molecule has 144 valence electrons.